The van der Waals surface area contributed by atoms with Gasteiger partial charge in [0.25, 0.3) is 0 Å². The van der Waals surface area contributed by atoms with E-state index in [0.29, 0.717) is 17.9 Å². The zero-order valence-corrected chi connectivity index (χ0v) is 11.7. The van der Waals surface area contributed by atoms with Crippen LogP contribution in [0.3, 0.4) is 0 Å². The molecule has 0 fully saturated rings. The lowest BCUT2D eigenvalue weighted by Crippen LogP contribution is -2.35. The molecule has 0 aliphatic rings. The fraction of sp³-hybridized carbons (Fsp3) is 0.467. The van der Waals surface area contributed by atoms with E-state index in [9.17, 15) is 9.90 Å². The van der Waals surface area contributed by atoms with Gasteiger partial charge >= 0.3 is 5.97 Å². The molecule has 0 radical (unpaired) electrons. The van der Waals surface area contributed by atoms with E-state index in [1.807, 2.05) is 39.0 Å². The summed E-state index contributed by atoms with van der Waals surface area (Å²) in [6, 6.07) is 5.78. The highest BCUT2D eigenvalue weighted by Crippen LogP contribution is 2.32. The Bertz CT molecular complexity index is 615. The van der Waals surface area contributed by atoms with Gasteiger partial charge in [0.2, 0.25) is 0 Å². The van der Waals surface area contributed by atoms with Crippen molar-refractivity contribution in [3.8, 4) is 0 Å². The summed E-state index contributed by atoms with van der Waals surface area (Å²) in [6.07, 6.45) is 0.299. The number of aromatic nitrogens is 1. The van der Waals surface area contributed by atoms with Crippen molar-refractivity contribution in [2.24, 2.45) is 11.3 Å². The molecule has 1 aromatic heterocycles. The van der Waals surface area contributed by atoms with Gasteiger partial charge in [-0.25, -0.2) is 4.98 Å². The van der Waals surface area contributed by atoms with Crippen molar-refractivity contribution in [1.29, 1.82) is 0 Å². The molecule has 0 amide bonds. The second-order valence-corrected chi connectivity index (χ2v) is 5.63. The summed E-state index contributed by atoms with van der Waals surface area (Å²) < 4.78 is 5.67. The number of hydrogen-bond acceptors (Lipinski definition) is 3. The van der Waals surface area contributed by atoms with Crippen LogP contribution in [0.2, 0.25) is 0 Å². The fourth-order valence-electron chi connectivity index (χ4n) is 2.00. The molecule has 1 aromatic carbocycles. The standard InChI is InChI=1S/C15H19NO3/c1-9(2)15(4,14(17)18)8-13-16-11-6-5-10(3)7-12(11)19-13/h5-7,9H,8H2,1-4H3,(H,17,18). The maximum Gasteiger partial charge on any atom is 0.310 e. The van der Waals surface area contributed by atoms with Gasteiger partial charge < -0.3 is 9.52 Å². The van der Waals surface area contributed by atoms with Gasteiger partial charge in [-0.15, -0.1) is 0 Å². The Morgan fingerprint density at radius 1 is 1.47 bits per heavy atom. The highest BCUT2D eigenvalue weighted by molar-refractivity contribution is 5.76. The van der Waals surface area contributed by atoms with Crippen LogP contribution in [0.1, 0.15) is 32.2 Å². The average molecular weight is 261 g/mol. The summed E-state index contributed by atoms with van der Waals surface area (Å²) in [5, 5.41) is 9.41. The van der Waals surface area contributed by atoms with Crippen LogP contribution in [0.25, 0.3) is 11.1 Å². The summed E-state index contributed by atoms with van der Waals surface area (Å²) in [7, 11) is 0. The minimum atomic E-state index is -0.865. The highest BCUT2D eigenvalue weighted by Gasteiger charge is 2.38. The molecule has 19 heavy (non-hydrogen) atoms. The monoisotopic (exact) mass is 261 g/mol. The predicted molar refractivity (Wildman–Crippen MR) is 73.0 cm³/mol. The molecule has 0 saturated heterocycles. The van der Waals surface area contributed by atoms with Crippen molar-refractivity contribution in [1.82, 2.24) is 4.98 Å². The van der Waals surface area contributed by atoms with E-state index >= 15 is 0 Å². The molecule has 0 aliphatic heterocycles. The summed E-state index contributed by atoms with van der Waals surface area (Å²) >= 11 is 0. The number of rotatable bonds is 4. The van der Waals surface area contributed by atoms with Crippen LogP contribution in [0, 0.1) is 18.3 Å². The van der Waals surface area contributed by atoms with Crippen LogP contribution in [0.15, 0.2) is 22.6 Å². The molecule has 0 spiro atoms. The summed E-state index contributed by atoms with van der Waals surface area (Å²) in [5.41, 5.74) is 1.72. The summed E-state index contributed by atoms with van der Waals surface area (Å²) in [4.78, 5) is 15.8. The Hall–Kier alpha value is -1.84. The molecule has 0 saturated carbocycles. The third-order valence-electron chi connectivity index (χ3n) is 3.87. The van der Waals surface area contributed by atoms with Crippen LogP contribution in [-0.4, -0.2) is 16.1 Å². The van der Waals surface area contributed by atoms with E-state index < -0.39 is 11.4 Å². The average Bonchev–Trinajstić information content (AvgIpc) is 2.69. The largest absolute Gasteiger partial charge is 0.481 e. The quantitative estimate of drug-likeness (QED) is 0.915. The van der Waals surface area contributed by atoms with E-state index in [0.717, 1.165) is 11.1 Å². The van der Waals surface area contributed by atoms with E-state index in [1.54, 1.807) is 6.92 Å². The van der Waals surface area contributed by atoms with Gasteiger partial charge in [-0.2, -0.15) is 0 Å². The lowest BCUT2D eigenvalue weighted by atomic mass is 9.76. The van der Waals surface area contributed by atoms with Crippen molar-refractivity contribution in [3.63, 3.8) is 0 Å². The van der Waals surface area contributed by atoms with Gasteiger partial charge in [0.1, 0.15) is 5.52 Å². The first-order chi connectivity index (χ1) is 8.83. The van der Waals surface area contributed by atoms with Crippen LogP contribution in [0.4, 0.5) is 0 Å². The third-order valence-corrected chi connectivity index (χ3v) is 3.87. The van der Waals surface area contributed by atoms with Gasteiger partial charge in [0, 0.05) is 6.42 Å². The SMILES string of the molecule is Cc1ccc2nc(CC(C)(C(=O)O)C(C)C)oc2c1. The summed E-state index contributed by atoms with van der Waals surface area (Å²) in [6.45, 7) is 7.53. The number of nitrogens with zero attached hydrogens (tertiary/aromatic N) is 1. The second kappa shape index (κ2) is 4.68. The maximum atomic E-state index is 11.5. The Balaban J connectivity index is 2.37. The Morgan fingerprint density at radius 3 is 2.74 bits per heavy atom. The topological polar surface area (TPSA) is 63.3 Å². The van der Waals surface area contributed by atoms with Crippen molar-refractivity contribution < 1.29 is 14.3 Å². The molecule has 4 heteroatoms. The number of carboxylic acids is 1. The third kappa shape index (κ3) is 2.48. The van der Waals surface area contributed by atoms with Crippen LogP contribution in [-0.2, 0) is 11.2 Å². The van der Waals surface area contributed by atoms with Gasteiger partial charge in [-0.3, -0.25) is 4.79 Å². The molecule has 2 aromatic rings. The lowest BCUT2D eigenvalue weighted by Gasteiger charge is -2.27. The molecule has 1 N–H and O–H groups in total. The smallest absolute Gasteiger partial charge is 0.310 e. The van der Waals surface area contributed by atoms with E-state index in [4.69, 9.17) is 4.42 Å². The number of oxazole rings is 1. The first-order valence-corrected chi connectivity index (χ1v) is 6.42. The van der Waals surface area contributed by atoms with Gasteiger partial charge in [0.15, 0.2) is 11.5 Å². The zero-order chi connectivity index (χ0) is 14.2. The van der Waals surface area contributed by atoms with E-state index in [1.165, 1.54) is 0 Å². The van der Waals surface area contributed by atoms with Crippen molar-refractivity contribution in [3.05, 3.63) is 29.7 Å². The number of aryl methyl sites for hydroxylation is 1. The molecule has 2 rings (SSSR count). The predicted octanol–water partition coefficient (Wildman–Crippen LogP) is 3.43. The Labute approximate surface area is 112 Å². The number of carbonyl (C=O) groups is 1. The first kappa shape index (κ1) is 13.6. The normalized spacial score (nSPS) is 14.8. The van der Waals surface area contributed by atoms with Gasteiger partial charge in [0.05, 0.1) is 5.41 Å². The molecule has 1 atom stereocenters. The maximum absolute atomic E-state index is 11.5. The van der Waals surface area contributed by atoms with Crippen LogP contribution < -0.4 is 0 Å². The highest BCUT2D eigenvalue weighted by atomic mass is 16.4. The molecular formula is C15H19NO3. The number of aliphatic carboxylic acids is 1. The van der Waals surface area contributed by atoms with E-state index in [-0.39, 0.29) is 5.92 Å². The minimum Gasteiger partial charge on any atom is -0.481 e. The molecule has 0 aliphatic carbocycles. The van der Waals surface area contributed by atoms with Crippen molar-refractivity contribution in [2.75, 3.05) is 0 Å². The molecular weight excluding hydrogens is 242 g/mol. The van der Waals surface area contributed by atoms with Gasteiger partial charge in [-0.05, 0) is 37.5 Å². The number of benzene rings is 1. The van der Waals surface area contributed by atoms with Crippen molar-refractivity contribution in [2.45, 2.75) is 34.1 Å². The molecule has 4 nitrogen and oxygen atoms in total. The molecule has 1 heterocycles. The molecule has 1 unspecified atom stereocenters. The second-order valence-electron chi connectivity index (χ2n) is 5.63. The number of hydrogen-bond donors (Lipinski definition) is 1. The van der Waals surface area contributed by atoms with Gasteiger partial charge in [-0.1, -0.05) is 19.9 Å². The Kier molecular flexibility index (Phi) is 3.35. The van der Waals surface area contributed by atoms with Crippen molar-refractivity contribution >= 4 is 17.1 Å². The first-order valence-electron chi connectivity index (χ1n) is 6.42. The molecule has 0 bridgehead atoms. The Morgan fingerprint density at radius 2 is 2.16 bits per heavy atom. The lowest BCUT2D eigenvalue weighted by molar-refractivity contribution is -0.150. The minimum absolute atomic E-state index is 0.00162. The fourth-order valence-corrected chi connectivity index (χ4v) is 2.00. The van der Waals surface area contributed by atoms with E-state index in [2.05, 4.69) is 4.98 Å². The summed E-state index contributed by atoms with van der Waals surface area (Å²) in [5.74, 6) is -0.332. The van der Waals surface area contributed by atoms with Crippen LogP contribution >= 0.6 is 0 Å². The number of carboxylic acid groups (broad SMARTS) is 1. The zero-order valence-electron chi connectivity index (χ0n) is 11.7. The molecule has 102 valence electrons. The number of fused-ring (bicyclic) bond motifs is 1. The van der Waals surface area contributed by atoms with Crippen LogP contribution in [0.5, 0.6) is 0 Å².